The third kappa shape index (κ3) is 9.15. The van der Waals surface area contributed by atoms with Gasteiger partial charge in [0.05, 0.1) is 19.2 Å². The maximum Gasteiger partial charge on any atom is 0.343 e. The molecule has 1 aromatic heterocycles. The minimum absolute atomic E-state index is 0.00903. The smallest absolute Gasteiger partial charge is 0.343 e. The molecule has 0 bridgehead atoms. The van der Waals surface area contributed by atoms with E-state index in [2.05, 4.69) is 12.2 Å². The zero-order valence-electron chi connectivity index (χ0n) is 26.4. The number of aromatic carboxylic acids is 1. The Morgan fingerprint density at radius 1 is 0.841 bits per heavy atom. The van der Waals surface area contributed by atoms with Crippen LogP contribution >= 0.6 is 0 Å². The molecule has 0 atom stereocenters. The molecule has 0 amide bonds. The monoisotopic (exact) mass is 600 g/mol. The first-order chi connectivity index (χ1) is 21.4. The highest BCUT2D eigenvalue weighted by molar-refractivity contribution is 5.96. The van der Waals surface area contributed by atoms with E-state index in [1.807, 2.05) is 24.3 Å². The van der Waals surface area contributed by atoms with Gasteiger partial charge >= 0.3 is 11.9 Å². The summed E-state index contributed by atoms with van der Waals surface area (Å²) in [6.07, 6.45) is 17.2. The molecule has 1 heterocycles. The quantitative estimate of drug-likeness (QED) is 0.232. The fourth-order valence-corrected chi connectivity index (χ4v) is 6.40. The molecule has 7 heteroatoms. The van der Waals surface area contributed by atoms with Gasteiger partial charge in [0.15, 0.2) is 0 Å². The van der Waals surface area contributed by atoms with Crippen LogP contribution in [-0.4, -0.2) is 40.8 Å². The van der Waals surface area contributed by atoms with Crippen molar-refractivity contribution in [2.45, 2.75) is 109 Å². The lowest BCUT2D eigenvalue weighted by Gasteiger charge is -2.30. The van der Waals surface area contributed by atoms with Crippen LogP contribution in [0.4, 0.5) is 0 Å². The van der Waals surface area contributed by atoms with Crippen molar-refractivity contribution in [1.29, 1.82) is 0 Å². The van der Waals surface area contributed by atoms with Crippen molar-refractivity contribution in [3.8, 4) is 11.1 Å². The number of hydrogen-bond donors (Lipinski definition) is 2. The largest absolute Gasteiger partial charge is 0.478 e. The number of benzene rings is 2. The zero-order chi connectivity index (χ0) is 31.3. The number of methoxy groups -OCH3 is 1. The van der Waals surface area contributed by atoms with E-state index in [0.29, 0.717) is 12.1 Å². The van der Waals surface area contributed by atoms with Crippen molar-refractivity contribution in [1.82, 2.24) is 9.88 Å². The number of carboxylic acids is 1. The van der Waals surface area contributed by atoms with Crippen molar-refractivity contribution in [2.75, 3.05) is 7.11 Å². The number of nitrogens with zero attached hydrogens (tertiary/aromatic N) is 1. The molecule has 236 valence electrons. The van der Waals surface area contributed by atoms with Gasteiger partial charge in [-0.05, 0) is 73.4 Å². The van der Waals surface area contributed by atoms with Crippen LogP contribution in [0.2, 0.25) is 0 Å². The number of nitrogens with one attached hydrogen (secondary N) is 1. The van der Waals surface area contributed by atoms with Gasteiger partial charge < -0.3 is 19.7 Å². The fourth-order valence-electron chi connectivity index (χ4n) is 6.40. The summed E-state index contributed by atoms with van der Waals surface area (Å²) in [7, 11) is 1.25. The van der Waals surface area contributed by atoms with Crippen molar-refractivity contribution < 1.29 is 19.4 Å². The standard InChI is InChI=1S/C25H25NO5.C12H23N/c1-3-4-7-19-14-15-22(25(30)31-2)23(27)26(19)16-17-10-12-18(13-11-17)20-8-5-6-9-21(20)24(28)29;1-3-7-11(8-4-1)13-12-9-5-2-6-10-12/h5-6,8-15H,3-4,7,16H2,1-2H3,(H,28,29);11-13H,1-10H2. The summed E-state index contributed by atoms with van der Waals surface area (Å²) in [5, 5.41) is 13.3. The zero-order valence-corrected chi connectivity index (χ0v) is 26.4. The van der Waals surface area contributed by atoms with E-state index in [9.17, 15) is 19.5 Å². The van der Waals surface area contributed by atoms with E-state index in [1.165, 1.54) is 77.4 Å². The molecular weight excluding hydrogens is 552 g/mol. The van der Waals surface area contributed by atoms with Gasteiger partial charge in [0, 0.05) is 17.8 Å². The van der Waals surface area contributed by atoms with Crippen LogP contribution in [0, 0.1) is 0 Å². The van der Waals surface area contributed by atoms with Crippen molar-refractivity contribution >= 4 is 11.9 Å². The highest BCUT2D eigenvalue weighted by Gasteiger charge is 2.19. The number of carbonyl (C=O) groups is 2. The third-order valence-electron chi connectivity index (χ3n) is 8.90. The molecule has 0 unspecified atom stereocenters. The van der Waals surface area contributed by atoms with Crippen LogP contribution in [0.1, 0.15) is 116 Å². The molecule has 2 fully saturated rings. The number of aryl methyl sites for hydroxylation is 1. The highest BCUT2D eigenvalue weighted by Crippen LogP contribution is 2.25. The Labute approximate surface area is 261 Å². The normalized spacial score (nSPS) is 15.7. The van der Waals surface area contributed by atoms with Crippen LogP contribution in [0.15, 0.2) is 65.5 Å². The number of aromatic nitrogens is 1. The molecule has 0 spiro atoms. The van der Waals surface area contributed by atoms with E-state index in [-0.39, 0.29) is 16.7 Å². The highest BCUT2D eigenvalue weighted by atomic mass is 16.5. The molecular formula is C37H48N2O5. The molecule has 44 heavy (non-hydrogen) atoms. The van der Waals surface area contributed by atoms with E-state index < -0.39 is 11.9 Å². The topological polar surface area (TPSA) is 97.6 Å². The summed E-state index contributed by atoms with van der Waals surface area (Å²) in [5.41, 5.74) is 3.02. The second-order valence-corrected chi connectivity index (χ2v) is 12.1. The molecule has 0 radical (unpaired) electrons. The van der Waals surface area contributed by atoms with Gasteiger partial charge in [-0.3, -0.25) is 4.79 Å². The second-order valence-electron chi connectivity index (χ2n) is 12.1. The van der Waals surface area contributed by atoms with Gasteiger partial charge in [-0.15, -0.1) is 0 Å². The number of unbranched alkanes of at least 4 members (excludes halogenated alkanes) is 1. The molecule has 2 aromatic carbocycles. The van der Waals surface area contributed by atoms with Crippen LogP contribution in [0.25, 0.3) is 11.1 Å². The van der Waals surface area contributed by atoms with Crippen molar-refractivity contribution in [3.63, 3.8) is 0 Å². The van der Waals surface area contributed by atoms with Gasteiger partial charge in [0.2, 0.25) is 0 Å². The summed E-state index contributed by atoms with van der Waals surface area (Å²) in [5.74, 6) is -1.63. The number of ether oxygens (including phenoxy) is 1. The maximum absolute atomic E-state index is 13.0. The van der Waals surface area contributed by atoms with Gasteiger partial charge in [0.25, 0.3) is 5.56 Å². The van der Waals surface area contributed by atoms with Gasteiger partial charge in [-0.1, -0.05) is 94.3 Å². The lowest BCUT2D eigenvalue weighted by atomic mass is 9.91. The average Bonchev–Trinajstić information content (AvgIpc) is 3.06. The molecule has 3 aromatic rings. The van der Waals surface area contributed by atoms with Crippen LogP contribution in [0.3, 0.4) is 0 Å². The van der Waals surface area contributed by atoms with Gasteiger partial charge in [-0.25, -0.2) is 9.59 Å². The second kappa shape index (κ2) is 17.0. The lowest BCUT2D eigenvalue weighted by Crippen LogP contribution is -2.40. The first-order valence-electron chi connectivity index (χ1n) is 16.4. The summed E-state index contributed by atoms with van der Waals surface area (Å²) in [6.45, 7) is 2.39. The number of rotatable bonds is 10. The molecule has 0 saturated heterocycles. The van der Waals surface area contributed by atoms with Gasteiger partial charge in [0.1, 0.15) is 5.56 Å². The van der Waals surface area contributed by atoms with Crippen molar-refractivity contribution in [2.24, 2.45) is 0 Å². The Morgan fingerprint density at radius 2 is 1.45 bits per heavy atom. The lowest BCUT2D eigenvalue weighted by molar-refractivity contribution is 0.0597. The molecule has 2 aliphatic rings. The van der Waals surface area contributed by atoms with Gasteiger partial charge in [-0.2, -0.15) is 0 Å². The Hall–Kier alpha value is -3.71. The third-order valence-corrected chi connectivity index (χ3v) is 8.90. The molecule has 5 rings (SSSR count). The average molecular weight is 601 g/mol. The Kier molecular flexibility index (Phi) is 12.8. The summed E-state index contributed by atoms with van der Waals surface area (Å²) in [4.78, 5) is 36.4. The van der Waals surface area contributed by atoms with Crippen molar-refractivity contribution in [3.05, 3.63) is 93.4 Å². The number of pyridine rings is 1. The van der Waals surface area contributed by atoms with E-state index in [1.54, 1.807) is 34.9 Å². The number of esters is 1. The minimum Gasteiger partial charge on any atom is -0.478 e. The number of carboxylic acid groups (broad SMARTS) is 1. The Morgan fingerprint density at radius 3 is 2.02 bits per heavy atom. The number of hydrogen-bond acceptors (Lipinski definition) is 5. The summed E-state index contributed by atoms with van der Waals surface area (Å²) in [6, 6.07) is 19.3. The van der Waals surface area contributed by atoms with E-state index in [0.717, 1.165) is 48.2 Å². The van der Waals surface area contributed by atoms with E-state index in [4.69, 9.17) is 4.74 Å². The summed E-state index contributed by atoms with van der Waals surface area (Å²) < 4.78 is 6.35. The predicted octanol–water partition coefficient (Wildman–Crippen LogP) is 7.63. The molecule has 0 aliphatic heterocycles. The maximum atomic E-state index is 13.0. The minimum atomic E-state index is -0.980. The molecule has 2 aliphatic carbocycles. The van der Waals surface area contributed by atoms with Crippen LogP contribution < -0.4 is 10.9 Å². The molecule has 2 saturated carbocycles. The van der Waals surface area contributed by atoms with E-state index >= 15 is 0 Å². The Balaban J connectivity index is 0.000000281. The van der Waals surface area contributed by atoms with Crippen LogP contribution in [0.5, 0.6) is 0 Å². The first-order valence-corrected chi connectivity index (χ1v) is 16.4. The van der Waals surface area contributed by atoms with Crippen LogP contribution in [-0.2, 0) is 17.7 Å². The first kappa shape index (κ1) is 33.2. The molecule has 7 nitrogen and oxygen atoms in total. The predicted molar refractivity (Wildman–Crippen MR) is 175 cm³/mol. The fraction of sp³-hybridized carbons (Fsp3) is 0.486. The summed E-state index contributed by atoms with van der Waals surface area (Å²) >= 11 is 0. The number of carbonyl (C=O) groups excluding carboxylic acids is 1. The SMILES string of the molecule is C1CCC(NC2CCCCC2)CC1.CCCCc1ccc(C(=O)OC)c(=O)n1Cc1ccc(-c2ccccc2C(=O)O)cc1. The Bertz CT molecular complexity index is 1400. The molecule has 2 N–H and O–H groups in total.